The summed E-state index contributed by atoms with van der Waals surface area (Å²) in [7, 11) is 0. The van der Waals surface area contributed by atoms with E-state index in [4.69, 9.17) is 0 Å². The molecule has 1 aliphatic heterocycles. The summed E-state index contributed by atoms with van der Waals surface area (Å²) in [6.45, 7) is 0.752. The van der Waals surface area contributed by atoms with E-state index in [0.717, 1.165) is 22.4 Å². The molecule has 1 amide bonds. The van der Waals surface area contributed by atoms with Crippen molar-refractivity contribution in [2.75, 3.05) is 17.2 Å². The van der Waals surface area contributed by atoms with Gasteiger partial charge in [-0.2, -0.15) is 12.6 Å². The van der Waals surface area contributed by atoms with Crippen LogP contribution >= 0.6 is 24.0 Å². The molecule has 1 saturated carbocycles. The van der Waals surface area contributed by atoms with Crippen molar-refractivity contribution in [2.45, 2.75) is 25.2 Å². The van der Waals surface area contributed by atoms with Crippen molar-refractivity contribution in [2.24, 2.45) is 5.92 Å². The van der Waals surface area contributed by atoms with Crippen LogP contribution in [0.2, 0.25) is 0 Å². The Morgan fingerprint density at radius 2 is 2.25 bits per heavy atom. The van der Waals surface area contributed by atoms with Crippen LogP contribution in [0.25, 0.3) is 0 Å². The number of aromatic nitrogens is 2. The van der Waals surface area contributed by atoms with E-state index in [1.165, 1.54) is 12.8 Å². The molecule has 1 aliphatic carbocycles. The molecular formula is C10H13N3OS2. The quantitative estimate of drug-likeness (QED) is 0.836. The van der Waals surface area contributed by atoms with Crippen molar-refractivity contribution in [1.82, 2.24) is 10.2 Å². The van der Waals surface area contributed by atoms with Crippen molar-refractivity contribution in [3.63, 3.8) is 0 Å². The first-order valence-electron chi connectivity index (χ1n) is 5.52. The Morgan fingerprint density at radius 3 is 2.88 bits per heavy atom. The Morgan fingerprint density at radius 1 is 1.44 bits per heavy atom. The molecule has 0 bridgehead atoms. The van der Waals surface area contributed by atoms with E-state index in [9.17, 15) is 4.79 Å². The maximum absolute atomic E-state index is 11.8. The lowest BCUT2D eigenvalue weighted by atomic mass is 10.1. The van der Waals surface area contributed by atoms with Gasteiger partial charge in [-0.1, -0.05) is 11.3 Å². The highest BCUT2D eigenvalue weighted by atomic mass is 32.1. The molecule has 2 heterocycles. The van der Waals surface area contributed by atoms with Crippen LogP contribution < -0.4 is 4.90 Å². The molecule has 2 fully saturated rings. The summed E-state index contributed by atoms with van der Waals surface area (Å²) in [4.78, 5) is 13.5. The number of hydrogen-bond acceptors (Lipinski definition) is 5. The van der Waals surface area contributed by atoms with Gasteiger partial charge in [0.1, 0.15) is 5.01 Å². The molecule has 0 aromatic carbocycles. The highest BCUT2D eigenvalue weighted by Gasteiger charge is 2.34. The molecule has 1 saturated heterocycles. The van der Waals surface area contributed by atoms with Crippen molar-refractivity contribution in [3.05, 3.63) is 5.01 Å². The molecule has 1 aromatic heterocycles. The lowest BCUT2D eigenvalue weighted by Gasteiger charge is -2.10. The number of amides is 1. The highest BCUT2D eigenvalue weighted by Crippen LogP contribution is 2.43. The molecule has 1 aromatic rings. The lowest BCUT2D eigenvalue weighted by Crippen LogP contribution is -2.24. The predicted molar refractivity (Wildman–Crippen MR) is 66.2 cm³/mol. The van der Waals surface area contributed by atoms with E-state index in [1.54, 1.807) is 16.2 Å². The summed E-state index contributed by atoms with van der Waals surface area (Å²) in [5.41, 5.74) is 0. The molecule has 1 unspecified atom stereocenters. The Bertz CT molecular complexity index is 416. The van der Waals surface area contributed by atoms with Crippen molar-refractivity contribution < 1.29 is 4.79 Å². The molecule has 0 spiro atoms. The van der Waals surface area contributed by atoms with Crippen molar-refractivity contribution in [3.8, 4) is 0 Å². The van der Waals surface area contributed by atoms with E-state index >= 15 is 0 Å². The van der Waals surface area contributed by atoms with Gasteiger partial charge in [0.05, 0.1) is 0 Å². The zero-order chi connectivity index (χ0) is 11.1. The van der Waals surface area contributed by atoms with Crippen LogP contribution in [0.15, 0.2) is 0 Å². The highest BCUT2D eigenvalue weighted by molar-refractivity contribution is 7.80. The third-order valence-electron chi connectivity index (χ3n) is 3.05. The van der Waals surface area contributed by atoms with Crippen LogP contribution in [-0.4, -0.2) is 28.4 Å². The van der Waals surface area contributed by atoms with Gasteiger partial charge in [-0.15, -0.1) is 10.2 Å². The van der Waals surface area contributed by atoms with E-state index in [-0.39, 0.29) is 5.91 Å². The Kier molecular flexibility index (Phi) is 2.63. The number of rotatable bonds is 3. The summed E-state index contributed by atoms with van der Waals surface area (Å²) >= 11 is 5.82. The van der Waals surface area contributed by atoms with Gasteiger partial charge in [-0.3, -0.25) is 9.69 Å². The molecule has 4 nitrogen and oxygen atoms in total. The minimum atomic E-state index is 0.164. The van der Waals surface area contributed by atoms with E-state index in [1.807, 2.05) is 0 Å². The van der Waals surface area contributed by atoms with E-state index in [2.05, 4.69) is 22.8 Å². The second-order valence-electron chi connectivity index (χ2n) is 4.45. The van der Waals surface area contributed by atoms with Crippen LogP contribution in [0.4, 0.5) is 5.13 Å². The van der Waals surface area contributed by atoms with Crippen molar-refractivity contribution in [1.29, 1.82) is 0 Å². The number of carbonyl (C=O) groups excluding carboxylic acids is 1. The minimum absolute atomic E-state index is 0.164. The van der Waals surface area contributed by atoms with Crippen LogP contribution in [0, 0.1) is 5.92 Å². The average molecular weight is 255 g/mol. The van der Waals surface area contributed by atoms with Gasteiger partial charge in [-0.25, -0.2) is 0 Å². The number of hydrogen-bond donors (Lipinski definition) is 1. The van der Waals surface area contributed by atoms with Gasteiger partial charge in [0.15, 0.2) is 0 Å². The molecule has 0 radical (unpaired) electrons. The molecule has 16 heavy (non-hydrogen) atoms. The third kappa shape index (κ3) is 1.84. The van der Waals surface area contributed by atoms with Gasteiger partial charge in [-0.05, 0) is 24.5 Å². The van der Waals surface area contributed by atoms with E-state index in [0.29, 0.717) is 18.3 Å². The Balaban J connectivity index is 1.78. The molecular weight excluding hydrogens is 242 g/mol. The normalized spacial score (nSPS) is 25.4. The fourth-order valence-corrected chi connectivity index (χ4v) is 3.20. The molecule has 6 heteroatoms. The number of thiol groups is 1. The zero-order valence-corrected chi connectivity index (χ0v) is 10.5. The summed E-state index contributed by atoms with van der Waals surface area (Å²) in [5.74, 6) is 1.91. The Hall–Kier alpha value is -0.620. The van der Waals surface area contributed by atoms with Crippen LogP contribution in [0.1, 0.15) is 30.2 Å². The second kappa shape index (κ2) is 4.00. The maximum atomic E-state index is 11.8. The van der Waals surface area contributed by atoms with Gasteiger partial charge < -0.3 is 0 Å². The SMILES string of the molecule is O=C1CC(CS)CN1c1nnc(C2CC2)s1. The zero-order valence-electron chi connectivity index (χ0n) is 8.80. The molecule has 0 N–H and O–H groups in total. The van der Waals surface area contributed by atoms with E-state index < -0.39 is 0 Å². The van der Waals surface area contributed by atoms with Crippen LogP contribution in [0.3, 0.4) is 0 Å². The maximum Gasteiger partial charge on any atom is 0.229 e. The largest absolute Gasteiger partial charge is 0.286 e. The number of carbonyl (C=O) groups is 1. The lowest BCUT2D eigenvalue weighted by molar-refractivity contribution is -0.117. The smallest absolute Gasteiger partial charge is 0.229 e. The number of anilines is 1. The first kappa shape index (κ1) is 10.5. The molecule has 1 atom stereocenters. The summed E-state index contributed by atoms with van der Waals surface area (Å²) in [6, 6.07) is 0. The third-order valence-corrected chi connectivity index (χ3v) is 4.68. The fourth-order valence-electron chi connectivity index (χ4n) is 1.92. The molecule has 86 valence electrons. The van der Waals surface area contributed by atoms with Crippen molar-refractivity contribution >= 4 is 35.0 Å². The standard InChI is InChI=1S/C10H13N3OS2/c14-8-3-6(5-15)4-13(8)10-12-11-9(16-10)7-1-2-7/h6-7,15H,1-5H2. The van der Waals surface area contributed by atoms with Gasteiger partial charge in [0.2, 0.25) is 11.0 Å². The number of nitrogens with zero attached hydrogens (tertiary/aromatic N) is 3. The fraction of sp³-hybridized carbons (Fsp3) is 0.700. The average Bonchev–Trinajstić information content (AvgIpc) is 2.89. The van der Waals surface area contributed by atoms with Gasteiger partial charge in [0.25, 0.3) is 0 Å². The summed E-state index contributed by atoms with van der Waals surface area (Å²) < 4.78 is 0. The topological polar surface area (TPSA) is 46.1 Å². The predicted octanol–water partition coefficient (Wildman–Crippen LogP) is 1.70. The summed E-state index contributed by atoms with van der Waals surface area (Å²) in [6.07, 6.45) is 3.05. The minimum Gasteiger partial charge on any atom is -0.286 e. The van der Waals surface area contributed by atoms with Crippen LogP contribution in [0.5, 0.6) is 0 Å². The Labute approximate surface area is 103 Å². The summed E-state index contributed by atoms with van der Waals surface area (Å²) in [5, 5.41) is 10.2. The van der Waals surface area contributed by atoms with Crippen LogP contribution in [-0.2, 0) is 4.79 Å². The van der Waals surface area contributed by atoms with Gasteiger partial charge >= 0.3 is 0 Å². The monoisotopic (exact) mass is 255 g/mol. The molecule has 3 rings (SSSR count). The first-order chi connectivity index (χ1) is 7.78. The van der Waals surface area contributed by atoms with Gasteiger partial charge in [0, 0.05) is 18.9 Å². The first-order valence-corrected chi connectivity index (χ1v) is 6.97. The molecule has 2 aliphatic rings. The second-order valence-corrected chi connectivity index (χ2v) is 5.81.